The van der Waals surface area contributed by atoms with Gasteiger partial charge in [0, 0.05) is 12.8 Å². The number of rotatable bonds is 52. The van der Waals surface area contributed by atoms with Crippen LogP contribution in [0, 0.1) is 0 Å². The highest BCUT2D eigenvalue weighted by molar-refractivity contribution is 5.70. The minimum absolute atomic E-state index is 0.147. The van der Waals surface area contributed by atoms with Crippen molar-refractivity contribution in [1.29, 1.82) is 0 Å². The molecule has 0 radical (unpaired) electrons. The van der Waals surface area contributed by atoms with E-state index < -0.39 is 24.3 Å². The van der Waals surface area contributed by atoms with Gasteiger partial charge in [0.15, 0.2) is 12.4 Å². The Morgan fingerprint density at radius 3 is 1.25 bits per heavy atom. The molecule has 0 saturated heterocycles. The Morgan fingerprint density at radius 1 is 0.441 bits per heavy atom. The zero-order valence-corrected chi connectivity index (χ0v) is 45.0. The van der Waals surface area contributed by atoms with Gasteiger partial charge in [-0.2, -0.15) is 0 Å². The summed E-state index contributed by atoms with van der Waals surface area (Å²) in [5, 5.41) is 11.7. The molecule has 0 spiro atoms. The van der Waals surface area contributed by atoms with Gasteiger partial charge in [-0.3, -0.25) is 9.59 Å². The van der Waals surface area contributed by atoms with E-state index in [0.29, 0.717) is 17.4 Å². The topological polar surface area (TPSA) is 111 Å². The second-order valence-electron chi connectivity index (χ2n) is 20.2. The van der Waals surface area contributed by atoms with Crippen LogP contribution in [-0.4, -0.2) is 82.3 Å². The number of likely N-dealkylation sites (N-methyl/N-ethyl adjacent to an activating group) is 1. The number of carboxylic acids is 1. The molecule has 2 atom stereocenters. The molecule has 9 nitrogen and oxygen atoms in total. The summed E-state index contributed by atoms with van der Waals surface area (Å²) in [6, 6.07) is 0. The minimum atomic E-state index is -1.62. The van der Waals surface area contributed by atoms with Gasteiger partial charge in [-0.1, -0.05) is 217 Å². The molecule has 0 aromatic carbocycles. The van der Waals surface area contributed by atoms with Crippen LogP contribution < -0.4 is 5.11 Å². The van der Waals surface area contributed by atoms with Crippen molar-refractivity contribution in [3.63, 3.8) is 0 Å². The summed E-state index contributed by atoms with van der Waals surface area (Å²) in [5.41, 5.74) is 0. The number of hydrogen-bond donors (Lipinski definition) is 0. The van der Waals surface area contributed by atoms with Crippen LogP contribution in [0.1, 0.15) is 251 Å². The Labute approximate surface area is 419 Å². The number of esters is 2. The van der Waals surface area contributed by atoms with Gasteiger partial charge in [-0.15, -0.1) is 0 Å². The van der Waals surface area contributed by atoms with Crippen LogP contribution in [0.4, 0.5) is 0 Å². The molecule has 0 heterocycles. The third kappa shape index (κ3) is 51.1. The molecule has 0 aromatic rings. The Balaban J connectivity index is 4.03. The van der Waals surface area contributed by atoms with E-state index in [1.807, 2.05) is 21.1 Å². The lowest BCUT2D eigenvalue weighted by atomic mass is 10.0. The predicted octanol–water partition coefficient (Wildman–Crippen LogP) is 15.0. The SMILES string of the molecule is CCC/C=C\CCCCCCCC(=O)OCC(COC(OCC[N+](C)(C)C)C(=O)[O-])OC(=O)CCCCCCCCCCCCCCCCCCCC/C=C\C/C=C\C/C=C\CCCCCCC. The zero-order valence-electron chi connectivity index (χ0n) is 45.0. The van der Waals surface area contributed by atoms with Crippen LogP contribution >= 0.6 is 0 Å². The minimum Gasteiger partial charge on any atom is -0.545 e. The van der Waals surface area contributed by atoms with E-state index in [-0.39, 0.29) is 38.6 Å². The monoisotopic (exact) mass is 958 g/mol. The van der Waals surface area contributed by atoms with Crippen molar-refractivity contribution < 1.29 is 42.9 Å². The van der Waals surface area contributed by atoms with Crippen molar-refractivity contribution in [2.24, 2.45) is 0 Å². The van der Waals surface area contributed by atoms with Gasteiger partial charge in [-0.05, 0) is 70.6 Å². The molecular weight excluding hydrogens is 851 g/mol. The maximum Gasteiger partial charge on any atom is 0.306 e. The van der Waals surface area contributed by atoms with Crippen LogP contribution in [0.5, 0.6) is 0 Å². The van der Waals surface area contributed by atoms with E-state index in [4.69, 9.17) is 18.9 Å². The van der Waals surface area contributed by atoms with E-state index in [1.165, 1.54) is 148 Å². The Bertz CT molecular complexity index is 1250. The molecule has 0 aromatic heterocycles. The highest BCUT2D eigenvalue weighted by Crippen LogP contribution is 2.16. The van der Waals surface area contributed by atoms with Gasteiger partial charge >= 0.3 is 11.9 Å². The van der Waals surface area contributed by atoms with Gasteiger partial charge in [-0.25, -0.2) is 0 Å². The summed E-state index contributed by atoms with van der Waals surface area (Å²) in [6.07, 6.45) is 59.0. The second-order valence-corrected chi connectivity index (χ2v) is 20.2. The van der Waals surface area contributed by atoms with Crippen molar-refractivity contribution in [2.75, 3.05) is 47.5 Å². The van der Waals surface area contributed by atoms with Gasteiger partial charge < -0.3 is 33.3 Å². The van der Waals surface area contributed by atoms with Crippen LogP contribution in [0.3, 0.4) is 0 Å². The number of carbonyl (C=O) groups is 3. The van der Waals surface area contributed by atoms with E-state index in [1.54, 1.807) is 0 Å². The normalized spacial score (nSPS) is 13.1. The number of nitrogens with zero attached hydrogens (tertiary/aromatic N) is 1. The number of unbranched alkanes of at least 4 members (excludes halogenated alkanes) is 29. The molecule has 0 N–H and O–H groups in total. The smallest absolute Gasteiger partial charge is 0.306 e. The van der Waals surface area contributed by atoms with E-state index in [9.17, 15) is 19.5 Å². The van der Waals surface area contributed by atoms with Gasteiger partial charge in [0.25, 0.3) is 0 Å². The number of allylic oxidation sites excluding steroid dienone is 8. The maximum absolute atomic E-state index is 12.8. The average molecular weight is 959 g/mol. The van der Waals surface area contributed by atoms with Gasteiger partial charge in [0.05, 0.1) is 40.3 Å². The predicted molar refractivity (Wildman–Crippen MR) is 283 cm³/mol. The van der Waals surface area contributed by atoms with E-state index in [0.717, 1.165) is 70.6 Å². The summed E-state index contributed by atoms with van der Waals surface area (Å²) in [7, 11) is 5.91. The molecule has 2 unspecified atom stereocenters. The molecule has 0 aliphatic rings. The molecule has 0 saturated carbocycles. The van der Waals surface area contributed by atoms with Crippen LogP contribution in [-0.2, 0) is 33.3 Å². The Kier molecular flexibility index (Phi) is 48.6. The third-order valence-electron chi connectivity index (χ3n) is 12.3. The zero-order chi connectivity index (χ0) is 49.9. The Hall–Kier alpha value is -2.75. The number of carboxylic acid groups (broad SMARTS) is 1. The number of ether oxygens (including phenoxy) is 4. The molecule has 0 aliphatic heterocycles. The molecule has 0 aliphatic carbocycles. The van der Waals surface area contributed by atoms with Crippen molar-refractivity contribution >= 4 is 17.9 Å². The summed E-state index contributed by atoms with van der Waals surface area (Å²) in [5.74, 6) is -2.29. The van der Waals surface area contributed by atoms with Crippen LogP contribution in [0.2, 0.25) is 0 Å². The average Bonchev–Trinajstić information content (AvgIpc) is 3.30. The molecular formula is C59H107NO8. The molecule has 0 bridgehead atoms. The number of aliphatic carboxylic acids is 1. The van der Waals surface area contributed by atoms with E-state index >= 15 is 0 Å². The summed E-state index contributed by atoms with van der Waals surface area (Å²) in [6.45, 7) is 4.67. The number of quaternary nitrogens is 1. The van der Waals surface area contributed by atoms with Gasteiger partial charge in [0.1, 0.15) is 13.2 Å². The molecule has 9 heteroatoms. The third-order valence-corrected chi connectivity index (χ3v) is 12.3. The van der Waals surface area contributed by atoms with Crippen LogP contribution in [0.25, 0.3) is 0 Å². The second kappa shape index (κ2) is 50.6. The molecule has 396 valence electrons. The molecule has 0 amide bonds. The Morgan fingerprint density at radius 2 is 0.824 bits per heavy atom. The standard InChI is InChI=1S/C59H107NO8/c1-6-8-10-12-14-16-18-19-20-21-22-23-24-25-26-27-28-29-30-31-32-33-34-35-36-37-38-39-40-42-44-46-48-50-57(62)68-55(54-67-59(58(63)64)65-52-51-60(3,4)5)53-66-56(61)49-47-45-43-41-17-15-13-11-9-7-2/h11,13,18-19,21-22,24-25,55,59H,6-10,12,14-17,20,23,26-54H2,1-5H3/b13-11-,19-18-,22-21-,25-24-. The lowest BCUT2D eigenvalue weighted by molar-refractivity contribution is -0.870. The van der Waals surface area contributed by atoms with Crippen molar-refractivity contribution in [2.45, 2.75) is 264 Å². The van der Waals surface area contributed by atoms with Gasteiger partial charge in [0.2, 0.25) is 0 Å². The maximum atomic E-state index is 12.8. The highest BCUT2D eigenvalue weighted by Gasteiger charge is 2.22. The first-order valence-corrected chi connectivity index (χ1v) is 28.3. The number of hydrogen-bond acceptors (Lipinski definition) is 8. The first kappa shape index (κ1) is 65.2. The first-order chi connectivity index (χ1) is 33.1. The molecule has 68 heavy (non-hydrogen) atoms. The number of carbonyl (C=O) groups excluding carboxylic acids is 3. The van der Waals surface area contributed by atoms with Crippen molar-refractivity contribution in [1.82, 2.24) is 0 Å². The fraction of sp³-hybridized carbons (Fsp3) is 0.814. The quantitative estimate of drug-likeness (QED) is 0.0195. The fourth-order valence-corrected chi connectivity index (χ4v) is 7.90. The lowest BCUT2D eigenvalue weighted by Crippen LogP contribution is -2.44. The lowest BCUT2D eigenvalue weighted by Gasteiger charge is -2.26. The van der Waals surface area contributed by atoms with Crippen LogP contribution in [0.15, 0.2) is 48.6 Å². The summed E-state index contributed by atoms with van der Waals surface area (Å²) < 4.78 is 22.6. The van der Waals surface area contributed by atoms with Crippen molar-refractivity contribution in [3.8, 4) is 0 Å². The fourth-order valence-electron chi connectivity index (χ4n) is 7.90. The first-order valence-electron chi connectivity index (χ1n) is 28.3. The van der Waals surface area contributed by atoms with Crippen molar-refractivity contribution in [3.05, 3.63) is 48.6 Å². The molecule has 0 rings (SSSR count). The largest absolute Gasteiger partial charge is 0.545 e. The summed E-state index contributed by atoms with van der Waals surface area (Å²) in [4.78, 5) is 37.1. The molecule has 0 fully saturated rings. The highest BCUT2D eigenvalue weighted by atomic mass is 16.7. The van der Waals surface area contributed by atoms with E-state index in [2.05, 4.69) is 62.5 Å². The summed E-state index contributed by atoms with van der Waals surface area (Å²) >= 11 is 0.